The molecule has 5 heterocycles. The van der Waals surface area contributed by atoms with Gasteiger partial charge in [0.05, 0.1) is 17.2 Å². The van der Waals surface area contributed by atoms with Crippen LogP contribution in [0.15, 0.2) is 52.2 Å². The summed E-state index contributed by atoms with van der Waals surface area (Å²) in [4.78, 5) is 2.80. The third-order valence-electron chi connectivity index (χ3n) is 10.4. The van der Waals surface area contributed by atoms with E-state index in [1.54, 1.807) is 30.0 Å². The third kappa shape index (κ3) is 4.07. The summed E-state index contributed by atoms with van der Waals surface area (Å²) in [5.74, 6) is -3.37. The van der Waals surface area contributed by atoms with Crippen molar-refractivity contribution in [3.8, 4) is 21.9 Å². The second-order valence-corrected chi connectivity index (χ2v) is 16.7. The zero-order valence-electron chi connectivity index (χ0n) is 26.4. The number of fused-ring (bicyclic) bond motifs is 7. The first kappa shape index (κ1) is 30.7. The number of thiophene rings is 1. The lowest BCUT2D eigenvalue weighted by molar-refractivity contribution is 0.406. The average Bonchev–Trinajstić information content (AvgIpc) is 3.70. The molecular weight excluding hydrogens is 666 g/mol. The Labute approximate surface area is 278 Å². The standard InChI is InChI=1S/C35H29F3N2O4S3/c1-34(2)20-7-9-45-31(20)16-11-18-26(14-24(16)39(34)5)44-27-15-25-17(32-21(8-10-46-32)35(3,4)40(25)6)12-19(27)28(18)29-30(38)22(36)13-23(37)33(29)47(41,42)43/h7,9,11-15H,8,10H2,1-6H3/p+1. The summed E-state index contributed by atoms with van der Waals surface area (Å²) in [7, 11) is -1.41. The van der Waals surface area contributed by atoms with E-state index in [-0.39, 0.29) is 45.0 Å². The van der Waals surface area contributed by atoms with Gasteiger partial charge in [0.1, 0.15) is 29.3 Å². The molecule has 0 aliphatic carbocycles. The van der Waals surface area contributed by atoms with Gasteiger partial charge in [-0.25, -0.2) is 17.7 Å². The largest absolute Gasteiger partial charge is 0.456 e. The van der Waals surface area contributed by atoms with Crippen molar-refractivity contribution in [3.05, 3.63) is 97.6 Å². The minimum Gasteiger partial charge on any atom is -0.456 e. The van der Waals surface area contributed by atoms with Crippen molar-refractivity contribution >= 4 is 49.4 Å². The van der Waals surface area contributed by atoms with Gasteiger partial charge in [-0.05, 0) is 49.4 Å². The maximum absolute atomic E-state index is 16.1. The summed E-state index contributed by atoms with van der Waals surface area (Å²) in [5, 5.41) is 3.09. The molecule has 1 aromatic heterocycles. The van der Waals surface area contributed by atoms with Crippen molar-refractivity contribution in [2.75, 3.05) is 24.7 Å². The van der Waals surface area contributed by atoms with Crippen LogP contribution in [0.5, 0.6) is 11.5 Å². The normalized spacial score (nSPS) is 18.6. The zero-order valence-corrected chi connectivity index (χ0v) is 28.8. The monoisotopic (exact) mass is 695 g/mol. The predicted octanol–water partition coefficient (Wildman–Crippen LogP) is 6.88. The van der Waals surface area contributed by atoms with Crippen LogP contribution in [0.1, 0.15) is 56.4 Å². The van der Waals surface area contributed by atoms with E-state index in [0.29, 0.717) is 0 Å². The van der Waals surface area contributed by atoms with Gasteiger partial charge in [-0.2, -0.15) is 8.42 Å². The first-order valence-electron chi connectivity index (χ1n) is 15.0. The van der Waals surface area contributed by atoms with Gasteiger partial charge in [0, 0.05) is 87.3 Å². The number of hydrogen-bond donors (Lipinski definition) is 1. The fourth-order valence-corrected chi connectivity index (χ4v) is 10.7. The van der Waals surface area contributed by atoms with Gasteiger partial charge in [-0.1, -0.05) is 0 Å². The van der Waals surface area contributed by atoms with E-state index in [4.69, 9.17) is 4.74 Å². The Hall–Kier alpha value is -3.58. The van der Waals surface area contributed by atoms with Crippen molar-refractivity contribution in [2.24, 2.45) is 0 Å². The lowest BCUT2D eigenvalue weighted by atomic mass is 9.83. The summed E-state index contributed by atoms with van der Waals surface area (Å²) >= 11 is 3.23. The van der Waals surface area contributed by atoms with Gasteiger partial charge in [-0.3, -0.25) is 4.55 Å². The summed E-state index contributed by atoms with van der Waals surface area (Å²) in [6.07, 6.45) is 0.875. The second-order valence-electron chi connectivity index (χ2n) is 13.3. The van der Waals surface area contributed by atoms with Crippen LogP contribution in [0.2, 0.25) is 0 Å². The van der Waals surface area contributed by atoms with Crippen LogP contribution in [0.3, 0.4) is 0 Å². The summed E-state index contributed by atoms with van der Waals surface area (Å²) in [5.41, 5.74) is 3.32. The van der Waals surface area contributed by atoms with Crippen molar-refractivity contribution in [1.82, 2.24) is 4.58 Å². The van der Waals surface area contributed by atoms with Crippen molar-refractivity contribution in [3.63, 3.8) is 0 Å². The average molecular weight is 696 g/mol. The Bertz CT molecular complexity index is 2410. The molecule has 0 saturated carbocycles. The summed E-state index contributed by atoms with van der Waals surface area (Å²) in [6.45, 7) is 8.50. The van der Waals surface area contributed by atoms with Gasteiger partial charge < -0.3 is 9.64 Å². The highest BCUT2D eigenvalue weighted by Gasteiger charge is 2.44. The molecule has 0 fully saturated rings. The molecule has 6 nitrogen and oxygen atoms in total. The molecule has 0 radical (unpaired) electrons. The quantitative estimate of drug-likeness (QED) is 0.124. The molecule has 242 valence electrons. The smallest absolute Gasteiger partial charge is 0.298 e. The van der Waals surface area contributed by atoms with E-state index >= 15 is 13.2 Å². The lowest BCUT2D eigenvalue weighted by Crippen LogP contribution is -2.49. The second kappa shape index (κ2) is 9.74. The fourth-order valence-electron chi connectivity index (χ4n) is 7.47. The first-order valence-corrected chi connectivity index (χ1v) is 18.3. The van der Waals surface area contributed by atoms with E-state index in [1.165, 1.54) is 16.9 Å². The number of anilines is 1. The summed E-state index contributed by atoms with van der Waals surface area (Å²) in [6, 6.07) is 9.37. The Morgan fingerprint density at radius 1 is 0.979 bits per heavy atom. The number of nitrogens with zero attached hydrogens (tertiary/aromatic N) is 2. The van der Waals surface area contributed by atoms with Crippen molar-refractivity contribution in [1.29, 1.82) is 0 Å². The molecular formula is C35H30F3N2O4S3+. The molecule has 47 heavy (non-hydrogen) atoms. The van der Waals surface area contributed by atoms with E-state index in [0.717, 1.165) is 49.7 Å². The molecule has 4 aliphatic heterocycles. The lowest BCUT2D eigenvalue weighted by Gasteiger charge is -2.43. The van der Waals surface area contributed by atoms with Crippen LogP contribution in [-0.4, -0.2) is 38.4 Å². The Balaban J connectivity index is 1.57. The molecule has 0 spiro atoms. The SMILES string of the molecule is CN1c2cc3c(cc2-c2sccc2C1(C)C)C(c1c(F)c(F)cc(F)c1S(=O)(=O)O)=c1cc2c(cc1O3)=[N+](C)C(C)(C)C1=C2SCC1. The number of halogens is 3. The zero-order chi connectivity index (χ0) is 33.5. The highest BCUT2D eigenvalue weighted by Crippen LogP contribution is 2.53. The van der Waals surface area contributed by atoms with Gasteiger partial charge in [0.15, 0.2) is 17.2 Å². The van der Waals surface area contributed by atoms with Crippen molar-refractivity contribution < 1.29 is 30.9 Å². The van der Waals surface area contributed by atoms with E-state index in [1.807, 2.05) is 31.6 Å². The van der Waals surface area contributed by atoms with Gasteiger partial charge in [0.25, 0.3) is 10.1 Å². The van der Waals surface area contributed by atoms with Crippen LogP contribution < -0.4 is 24.8 Å². The van der Waals surface area contributed by atoms with Crippen LogP contribution in [0.25, 0.3) is 20.9 Å². The molecule has 3 aromatic carbocycles. The molecule has 0 unspecified atom stereocenters. The van der Waals surface area contributed by atoms with Gasteiger partial charge in [0.2, 0.25) is 5.36 Å². The number of ether oxygens (including phenoxy) is 1. The predicted molar refractivity (Wildman–Crippen MR) is 180 cm³/mol. The van der Waals surface area contributed by atoms with Crippen molar-refractivity contribution in [2.45, 2.75) is 50.1 Å². The Morgan fingerprint density at radius 2 is 1.72 bits per heavy atom. The molecule has 4 aromatic rings. The number of thioether (sulfide) groups is 1. The van der Waals surface area contributed by atoms with E-state index in [9.17, 15) is 13.0 Å². The fraction of sp³-hybridized carbons (Fsp3) is 0.286. The number of likely N-dealkylation sites (N-methyl/N-ethyl adjacent to an activating group) is 1. The molecule has 4 aliphatic rings. The molecule has 0 bridgehead atoms. The first-order chi connectivity index (χ1) is 22.0. The number of hydrogen-bond acceptors (Lipinski definition) is 6. The van der Waals surface area contributed by atoms with E-state index in [2.05, 4.69) is 37.2 Å². The third-order valence-corrected chi connectivity index (χ3v) is 13.4. The maximum Gasteiger partial charge on any atom is 0.298 e. The Morgan fingerprint density at radius 3 is 2.45 bits per heavy atom. The van der Waals surface area contributed by atoms with Crippen LogP contribution >= 0.6 is 23.1 Å². The molecule has 0 saturated heterocycles. The van der Waals surface area contributed by atoms with Crippen LogP contribution in [0.4, 0.5) is 18.9 Å². The van der Waals surface area contributed by atoms with Crippen LogP contribution in [-0.2, 0) is 15.7 Å². The van der Waals surface area contributed by atoms with Gasteiger partial charge in [-0.15, -0.1) is 23.1 Å². The van der Waals surface area contributed by atoms with Crippen LogP contribution in [0, 0.1) is 17.5 Å². The van der Waals surface area contributed by atoms with Gasteiger partial charge >= 0.3 is 0 Å². The topological polar surface area (TPSA) is 69.9 Å². The minimum absolute atomic E-state index is 0.0846. The highest BCUT2D eigenvalue weighted by atomic mass is 32.2. The summed E-state index contributed by atoms with van der Waals surface area (Å²) < 4.78 is 91.2. The number of rotatable bonds is 2. The number of benzene rings is 3. The molecule has 8 rings (SSSR count). The Kier molecular flexibility index (Phi) is 6.37. The molecule has 1 N–H and O–H groups in total. The molecule has 0 amide bonds. The molecule has 0 atom stereocenters. The minimum atomic E-state index is -5.37. The maximum atomic E-state index is 16.1. The highest BCUT2D eigenvalue weighted by molar-refractivity contribution is 8.08. The molecule has 12 heteroatoms. The van der Waals surface area contributed by atoms with E-state index < -0.39 is 38.0 Å².